The van der Waals surface area contributed by atoms with Gasteiger partial charge in [0, 0.05) is 11.8 Å². The standard InChI is InChI=1S/C16H25N2O8P/c1-4-25-27(23,26-5-2)8-6-7-16(22)10-24-14(12(16)19)18-9-11(3)13(20)17-15(18)21/h6-7,9,12,14,19,22H,4-5,8,10H2,1-3H3,(H,17,20,21)/b7-6+/t12-,14+,16+/m0/s1. The summed E-state index contributed by atoms with van der Waals surface area (Å²) in [5.74, 6) is 0. The summed E-state index contributed by atoms with van der Waals surface area (Å²) in [5, 5.41) is 21.1. The highest BCUT2D eigenvalue weighted by molar-refractivity contribution is 7.54. The Kier molecular flexibility index (Phi) is 6.96. The number of hydrogen-bond donors (Lipinski definition) is 3. The number of allylic oxidation sites excluding steroid dienone is 1. The van der Waals surface area contributed by atoms with Gasteiger partial charge in [0.05, 0.1) is 26.0 Å². The molecule has 3 N–H and O–H groups in total. The first-order valence-electron chi connectivity index (χ1n) is 8.55. The van der Waals surface area contributed by atoms with Crippen LogP contribution in [0.1, 0.15) is 25.6 Å². The van der Waals surface area contributed by atoms with E-state index in [1.807, 2.05) is 0 Å². The largest absolute Gasteiger partial charge is 0.385 e. The van der Waals surface area contributed by atoms with Crippen LogP contribution in [0.2, 0.25) is 0 Å². The molecule has 1 saturated heterocycles. The number of aliphatic hydroxyl groups excluding tert-OH is 1. The molecule has 1 aliphatic rings. The van der Waals surface area contributed by atoms with Crippen LogP contribution < -0.4 is 11.2 Å². The van der Waals surface area contributed by atoms with Gasteiger partial charge in [-0.25, -0.2) is 4.79 Å². The van der Waals surface area contributed by atoms with Crippen molar-refractivity contribution in [1.82, 2.24) is 9.55 Å². The highest BCUT2D eigenvalue weighted by Crippen LogP contribution is 2.48. The van der Waals surface area contributed by atoms with Gasteiger partial charge in [-0.15, -0.1) is 0 Å². The lowest BCUT2D eigenvalue weighted by atomic mass is 9.98. The smallest absolute Gasteiger partial charge is 0.334 e. The number of nitrogens with one attached hydrogen (secondary N) is 1. The highest BCUT2D eigenvalue weighted by Gasteiger charge is 2.47. The van der Waals surface area contributed by atoms with Crippen molar-refractivity contribution in [1.29, 1.82) is 0 Å². The number of aryl methyl sites for hydroxylation is 1. The van der Waals surface area contributed by atoms with Crippen LogP contribution in [0.4, 0.5) is 0 Å². The van der Waals surface area contributed by atoms with E-state index >= 15 is 0 Å². The maximum absolute atomic E-state index is 12.4. The fourth-order valence-corrected chi connectivity index (χ4v) is 4.15. The summed E-state index contributed by atoms with van der Waals surface area (Å²) in [5.41, 5.74) is -2.86. The quantitative estimate of drug-likeness (QED) is 0.415. The molecule has 0 aliphatic carbocycles. The zero-order valence-corrected chi connectivity index (χ0v) is 16.3. The third-order valence-corrected chi connectivity index (χ3v) is 6.04. The minimum absolute atomic E-state index is 0.0912. The first-order valence-corrected chi connectivity index (χ1v) is 10.3. The molecule has 0 unspecified atom stereocenters. The van der Waals surface area contributed by atoms with Gasteiger partial charge in [-0.2, -0.15) is 0 Å². The van der Waals surface area contributed by atoms with E-state index < -0.39 is 36.8 Å². The Labute approximate surface area is 155 Å². The van der Waals surface area contributed by atoms with Crippen molar-refractivity contribution >= 4 is 7.60 Å². The number of ether oxygens (including phenoxy) is 1. The van der Waals surface area contributed by atoms with Crippen molar-refractivity contribution in [3.63, 3.8) is 0 Å². The second-order valence-electron chi connectivity index (χ2n) is 6.15. The average Bonchev–Trinajstić information content (AvgIpc) is 2.87. The molecule has 1 aliphatic heterocycles. The Balaban J connectivity index is 2.18. The molecule has 27 heavy (non-hydrogen) atoms. The summed E-state index contributed by atoms with van der Waals surface area (Å²) >= 11 is 0. The van der Waals surface area contributed by atoms with E-state index in [1.165, 1.54) is 25.3 Å². The first kappa shape index (κ1) is 21.7. The Morgan fingerprint density at radius 3 is 2.63 bits per heavy atom. The third kappa shape index (κ3) is 4.84. The van der Waals surface area contributed by atoms with Gasteiger partial charge in [-0.05, 0) is 20.8 Å². The van der Waals surface area contributed by atoms with Crippen LogP contribution in [-0.4, -0.2) is 57.5 Å². The van der Waals surface area contributed by atoms with Gasteiger partial charge in [0.1, 0.15) is 11.7 Å². The summed E-state index contributed by atoms with van der Waals surface area (Å²) < 4.78 is 29.1. The zero-order valence-electron chi connectivity index (χ0n) is 15.5. The zero-order chi connectivity index (χ0) is 20.2. The number of H-pyrrole nitrogens is 1. The molecule has 1 fully saturated rings. The number of aliphatic hydroxyl groups is 2. The maximum atomic E-state index is 12.4. The van der Waals surface area contributed by atoms with Crippen molar-refractivity contribution in [2.75, 3.05) is 26.0 Å². The molecule has 0 amide bonds. The van der Waals surface area contributed by atoms with E-state index in [2.05, 4.69) is 4.98 Å². The molecule has 3 atom stereocenters. The van der Waals surface area contributed by atoms with E-state index in [-0.39, 0.29) is 31.5 Å². The van der Waals surface area contributed by atoms with Crippen molar-refractivity contribution in [3.8, 4) is 0 Å². The Hall–Kier alpha value is -1.55. The molecule has 152 valence electrons. The Bertz CT molecular complexity index is 838. The predicted molar refractivity (Wildman–Crippen MR) is 96.9 cm³/mol. The van der Waals surface area contributed by atoms with Crippen molar-refractivity contribution < 1.29 is 28.6 Å². The number of hydrogen-bond acceptors (Lipinski definition) is 8. The van der Waals surface area contributed by atoms with Gasteiger partial charge >= 0.3 is 13.3 Å². The fourth-order valence-electron chi connectivity index (χ4n) is 2.72. The van der Waals surface area contributed by atoms with Gasteiger partial charge in [0.15, 0.2) is 6.23 Å². The molecule has 0 bridgehead atoms. The van der Waals surface area contributed by atoms with Crippen molar-refractivity contribution in [3.05, 3.63) is 44.8 Å². The molecule has 0 radical (unpaired) electrons. The number of aromatic nitrogens is 2. The van der Waals surface area contributed by atoms with Crippen LogP contribution in [0.25, 0.3) is 0 Å². The van der Waals surface area contributed by atoms with Crippen LogP contribution in [0.5, 0.6) is 0 Å². The minimum atomic E-state index is -3.33. The summed E-state index contributed by atoms with van der Waals surface area (Å²) in [6, 6.07) is 0. The van der Waals surface area contributed by atoms with E-state index in [9.17, 15) is 24.4 Å². The van der Waals surface area contributed by atoms with Gasteiger partial charge in [0.2, 0.25) is 0 Å². The first-order chi connectivity index (χ1) is 12.7. The molecule has 2 heterocycles. The SMILES string of the molecule is CCOP(=O)(C/C=C/[C@@]1(O)CO[C@@H](n2cc(C)c(=O)[nH]c2=O)[C@@H]1O)OCC. The van der Waals surface area contributed by atoms with E-state index in [0.717, 1.165) is 4.57 Å². The van der Waals surface area contributed by atoms with E-state index in [4.69, 9.17) is 13.8 Å². The number of nitrogens with zero attached hydrogens (tertiary/aromatic N) is 1. The second kappa shape index (κ2) is 8.64. The van der Waals surface area contributed by atoms with Crippen LogP contribution in [0.3, 0.4) is 0 Å². The molecule has 10 nitrogen and oxygen atoms in total. The molecule has 1 aromatic rings. The molecular formula is C16H25N2O8P. The molecule has 0 saturated carbocycles. The maximum Gasteiger partial charge on any atom is 0.334 e. The number of rotatable bonds is 8. The summed E-state index contributed by atoms with van der Waals surface area (Å²) in [4.78, 5) is 25.6. The lowest BCUT2D eigenvalue weighted by molar-refractivity contribution is -0.0390. The van der Waals surface area contributed by atoms with Crippen LogP contribution in [0.15, 0.2) is 27.9 Å². The minimum Gasteiger partial charge on any atom is -0.385 e. The fraction of sp³-hybridized carbons (Fsp3) is 0.625. The van der Waals surface area contributed by atoms with Crippen molar-refractivity contribution in [2.24, 2.45) is 0 Å². The van der Waals surface area contributed by atoms with Gasteiger partial charge in [-0.1, -0.05) is 12.2 Å². The molecular weight excluding hydrogens is 379 g/mol. The molecule has 0 spiro atoms. The monoisotopic (exact) mass is 404 g/mol. The van der Waals surface area contributed by atoms with Gasteiger partial charge < -0.3 is 24.0 Å². The predicted octanol–water partition coefficient (Wildman–Crippen LogP) is 0.288. The molecule has 0 aromatic carbocycles. The van der Waals surface area contributed by atoms with E-state index in [1.54, 1.807) is 13.8 Å². The second-order valence-corrected chi connectivity index (χ2v) is 8.25. The summed E-state index contributed by atoms with van der Waals surface area (Å²) in [6.07, 6.45) is 1.13. The lowest BCUT2D eigenvalue weighted by Gasteiger charge is -2.24. The van der Waals surface area contributed by atoms with Gasteiger partial charge in [0.25, 0.3) is 5.56 Å². The molecule has 2 rings (SSSR count). The Morgan fingerprint density at radius 2 is 2.04 bits per heavy atom. The summed E-state index contributed by atoms with van der Waals surface area (Å²) in [6.45, 7) is 4.99. The molecule has 11 heteroatoms. The van der Waals surface area contributed by atoms with Crippen LogP contribution in [-0.2, 0) is 18.3 Å². The Morgan fingerprint density at radius 1 is 1.41 bits per heavy atom. The molecule has 1 aromatic heterocycles. The van der Waals surface area contributed by atoms with Crippen LogP contribution in [0, 0.1) is 6.92 Å². The number of aromatic amines is 1. The third-order valence-electron chi connectivity index (χ3n) is 4.07. The van der Waals surface area contributed by atoms with Crippen molar-refractivity contribution in [2.45, 2.75) is 38.7 Å². The normalized spacial score (nSPS) is 26.1. The van der Waals surface area contributed by atoms with Gasteiger partial charge in [-0.3, -0.25) is 18.9 Å². The topological polar surface area (TPSA) is 140 Å². The lowest BCUT2D eigenvalue weighted by Crippen LogP contribution is -2.43. The average molecular weight is 404 g/mol. The van der Waals surface area contributed by atoms with Crippen LogP contribution >= 0.6 is 7.60 Å². The summed E-state index contributed by atoms with van der Waals surface area (Å²) in [7, 11) is -3.33. The highest BCUT2D eigenvalue weighted by atomic mass is 31.2. The van der Waals surface area contributed by atoms with E-state index in [0.29, 0.717) is 0 Å².